The fourth-order valence-electron chi connectivity index (χ4n) is 3.03. The Balaban J connectivity index is 1.48. The Kier molecular flexibility index (Phi) is 6.47. The van der Waals surface area contributed by atoms with Gasteiger partial charge in [-0.3, -0.25) is 9.48 Å². The summed E-state index contributed by atoms with van der Waals surface area (Å²) in [5.74, 6) is -0.184. The van der Waals surface area contributed by atoms with E-state index < -0.39 is 0 Å². The molecule has 1 aliphatic heterocycles. The van der Waals surface area contributed by atoms with Crippen LogP contribution in [0.15, 0.2) is 35.4 Å². The van der Waals surface area contributed by atoms with Crippen molar-refractivity contribution in [1.29, 1.82) is 0 Å². The number of nitrogens with zero attached hydrogens (tertiary/aromatic N) is 3. The second-order valence-electron chi connectivity index (χ2n) is 6.34. The van der Waals surface area contributed by atoms with Crippen molar-refractivity contribution in [3.63, 3.8) is 0 Å². The summed E-state index contributed by atoms with van der Waals surface area (Å²) in [7, 11) is 0. The van der Waals surface area contributed by atoms with E-state index in [-0.39, 0.29) is 5.91 Å². The summed E-state index contributed by atoms with van der Waals surface area (Å²) in [6.07, 6.45) is 8.57. The Morgan fingerprint density at radius 1 is 1.44 bits per heavy atom. The molecule has 1 amide bonds. The molecule has 1 aliphatic rings. The van der Waals surface area contributed by atoms with Gasteiger partial charge in [-0.05, 0) is 49.8 Å². The number of thioether (sulfide) groups is 1. The van der Waals surface area contributed by atoms with E-state index in [1.54, 1.807) is 22.6 Å². The third-order valence-corrected chi connectivity index (χ3v) is 5.20. The Morgan fingerprint density at radius 2 is 2.36 bits per heavy atom. The van der Waals surface area contributed by atoms with Crippen LogP contribution < -0.4 is 10.6 Å². The number of benzene rings is 1. The molecule has 0 radical (unpaired) electrons. The summed E-state index contributed by atoms with van der Waals surface area (Å²) in [4.78, 5) is 13.4. The van der Waals surface area contributed by atoms with Gasteiger partial charge in [-0.2, -0.15) is 0 Å². The minimum atomic E-state index is -0.184. The number of aryl methyl sites for hydroxylation is 1. The van der Waals surface area contributed by atoms with Gasteiger partial charge in [-0.25, -0.2) is 0 Å². The molecule has 6 nitrogen and oxygen atoms in total. The lowest BCUT2D eigenvalue weighted by Gasteiger charge is -2.23. The van der Waals surface area contributed by atoms with Crippen molar-refractivity contribution >= 4 is 17.7 Å². The van der Waals surface area contributed by atoms with Gasteiger partial charge in [0.05, 0.1) is 6.20 Å². The van der Waals surface area contributed by atoms with Crippen molar-refractivity contribution in [2.24, 2.45) is 0 Å². The maximum absolute atomic E-state index is 12.2. The molecule has 0 saturated carbocycles. The number of rotatable bonds is 7. The van der Waals surface area contributed by atoms with Crippen molar-refractivity contribution in [3.8, 4) is 0 Å². The molecular weight excluding hydrogens is 334 g/mol. The summed E-state index contributed by atoms with van der Waals surface area (Å²) in [6.45, 7) is 2.38. The van der Waals surface area contributed by atoms with Gasteiger partial charge in [0.2, 0.25) is 0 Å². The molecule has 0 spiro atoms. The quantitative estimate of drug-likeness (QED) is 0.743. The van der Waals surface area contributed by atoms with Crippen LogP contribution in [0.25, 0.3) is 0 Å². The predicted molar refractivity (Wildman–Crippen MR) is 99.7 cm³/mol. The van der Waals surface area contributed by atoms with Gasteiger partial charge >= 0.3 is 0 Å². The van der Waals surface area contributed by atoms with E-state index in [9.17, 15) is 4.79 Å². The Bertz CT molecular complexity index is 696. The zero-order chi connectivity index (χ0) is 17.5. The van der Waals surface area contributed by atoms with Gasteiger partial charge in [-0.1, -0.05) is 23.8 Å². The first-order chi connectivity index (χ1) is 12.2. The average molecular weight is 359 g/mol. The molecule has 2 heterocycles. The number of aromatic nitrogens is 3. The SMILES string of the molecule is CSc1cccc(CNC(=O)c2cn(CC[C@H]3CCCCN3)nn2)c1. The van der Waals surface area contributed by atoms with Gasteiger partial charge in [0.1, 0.15) is 0 Å². The number of hydrogen-bond acceptors (Lipinski definition) is 5. The maximum Gasteiger partial charge on any atom is 0.273 e. The predicted octanol–water partition coefficient (Wildman–Crippen LogP) is 2.46. The summed E-state index contributed by atoms with van der Waals surface area (Å²) in [6, 6.07) is 8.71. The van der Waals surface area contributed by atoms with Gasteiger partial charge in [-0.15, -0.1) is 16.9 Å². The van der Waals surface area contributed by atoms with Gasteiger partial charge in [0, 0.05) is 24.0 Å². The van der Waals surface area contributed by atoms with Crippen LogP contribution >= 0.6 is 11.8 Å². The molecular formula is C18H25N5OS. The fourth-order valence-corrected chi connectivity index (χ4v) is 3.51. The summed E-state index contributed by atoms with van der Waals surface area (Å²) < 4.78 is 1.76. The summed E-state index contributed by atoms with van der Waals surface area (Å²) >= 11 is 1.69. The summed E-state index contributed by atoms with van der Waals surface area (Å²) in [5.41, 5.74) is 1.45. The van der Waals surface area contributed by atoms with Crippen LogP contribution in [0.4, 0.5) is 0 Å². The van der Waals surface area contributed by atoms with E-state index in [1.807, 2.05) is 18.4 Å². The molecule has 2 N–H and O–H groups in total. The number of piperidine rings is 1. The van der Waals surface area contributed by atoms with Crippen LogP contribution in [0.2, 0.25) is 0 Å². The molecule has 1 aromatic heterocycles. The van der Waals surface area contributed by atoms with E-state index in [1.165, 1.54) is 24.2 Å². The lowest BCUT2D eigenvalue weighted by Crippen LogP contribution is -2.34. The van der Waals surface area contributed by atoms with Crippen LogP contribution in [0.1, 0.15) is 41.7 Å². The molecule has 25 heavy (non-hydrogen) atoms. The standard InChI is InChI=1S/C18H25N5OS/c1-25-16-7-4-5-14(11-16)12-20-18(24)17-13-23(22-21-17)10-8-15-6-2-3-9-19-15/h4-5,7,11,13,15,19H,2-3,6,8-10,12H2,1H3,(H,20,24)/t15-/m1/s1. The Hall–Kier alpha value is -1.86. The van der Waals surface area contributed by atoms with Gasteiger partial charge in [0.15, 0.2) is 5.69 Å². The minimum Gasteiger partial charge on any atom is -0.347 e. The molecule has 1 aromatic carbocycles. The van der Waals surface area contributed by atoms with E-state index in [2.05, 4.69) is 33.1 Å². The first kappa shape index (κ1) is 17.9. The van der Waals surface area contributed by atoms with E-state index in [0.29, 0.717) is 18.3 Å². The van der Waals surface area contributed by atoms with Gasteiger partial charge in [0.25, 0.3) is 5.91 Å². The van der Waals surface area contributed by atoms with E-state index >= 15 is 0 Å². The lowest BCUT2D eigenvalue weighted by molar-refractivity contribution is 0.0946. The Morgan fingerprint density at radius 3 is 3.16 bits per heavy atom. The molecule has 0 aliphatic carbocycles. The minimum absolute atomic E-state index is 0.184. The number of nitrogens with one attached hydrogen (secondary N) is 2. The molecule has 7 heteroatoms. The third kappa shape index (κ3) is 5.31. The van der Waals surface area contributed by atoms with Crippen LogP contribution in [0.3, 0.4) is 0 Å². The number of carbonyl (C=O) groups excluding carboxylic acids is 1. The fraction of sp³-hybridized carbons (Fsp3) is 0.500. The smallest absolute Gasteiger partial charge is 0.273 e. The molecule has 3 rings (SSSR count). The highest BCUT2D eigenvalue weighted by Crippen LogP contribution is 2.15. The number of carbonyl (C=O) groups is 1. The zero-order valence-electron chi connectivity index (χ0n) is 14.6. The lowest BCUT2D eigenvalue weighted by atomic mass is 10.0. The number of amides is 1. The zero-order valence-corrected chi connectivity index (χ0v) is 15.4. The molecule has 1 atom stereocenters. The highest BCUT2D eigenvalue weighted by molar-refractivity contribution is 7.98. The van der Waals surface area contributed by atoms with Crippen molar-refractivity contribution in [2.45, 2.75) is 49.7 Å². The first-order valence-corrected chi connectivity index (χ1v) is 10.0. The second kappa shape index (κ2) is 9.01. The van der Waals surface area contributed by atoms with Crippen LogP contribution in [-0.2, 0) is 13.1 Å². The second-order valence-corrected chi connectivity index (χ2v) is 7.22. The topological polar surface area (TPSA) is 71.8 Å². The molecule has 0 unspecified atom stereocenters. The van der Waals surface area contributed by atoms with Crippen molar-refractivity contribution in [1.82, 2.24) is 25.6 Å². The molecule has 2 aromatic rings. The van der Waals surface area contributed by atoms with Crippen molar-refractivity contribution in [2.75, 3.05) is 12.8 Å². The Labute approximate surface area is 152 Å². The molecule has 134 valence electrons. The highest BCUT2D eigenvalue weighted by atomic mass is 32.2. The molecule has 0 bridgehead atoms. The summed E-state index contributed by atoms with van der Waals surface area (Å²) in [5, 5.41) is 14.5. The largest absolute Gasteiger partial charge is 0.347 e. The monoisotopic (exact) mass is 359 g/mol. The molecule has 1 fully saturated rings. The van der Waals surface area contributed by atoms with Gasteiger partial charge < -0.3 is 10.6 Å². The third-order valence-electron chi connectivity index (χ3n) is 4.48. The first-order valence-electron chi connectivity index (χ1n) is 8.79. The van der Waals surface area contributed by atoms with Crippen LogP contribution in [-0.4, -0.2) is 39.7 Å². The normalized spacial score (nSPS) is 17.4. The van der Waals surface area contributed by atoms with Crippen molar-refractivity contribution < 1.29 is 4.79 Å². The van der Waals surface area contributed by atoms with Crippen molar-refractivity contribution in [3.05, 3.63) is 41.7 Å². The molecule has 1 saturated heterocycles. The highest BCUT2D eigenvalue weighted by Gasteiger charge is 2.14. The van der Waals surface area contributed by atoms with E-state index in [4.69, 9.17) is 0 Å². The van der Waals surface area contributed by atoms with E-state index in [0.717, 1.165) is 25.1 Å². The van der Waals surface area contributed by atoms with Crippen LogP contribution in [0.5, 0.6) is 0 Å². The number of hydrogen-bond donors (Lipinski definition) is 2. The van der Waals surface area contributed by atoms with Crippen LogP contribution in [0, 0.1) is 0 Å². The maximum atomic E-state index is 12.2. The average Bonchev–Trinajstić information content (AvgIpc) is 3.14.